The molecule has 3 rings (SSSR count). The van der Waals surface area contributed by atoms with Gasteiger partial charge in [-0.1, -0.05) is 12.8 Å². The minimum Gasteiger partial charge on any atom is -0.381 e. The zero-order chi connectivity index (χ0) is 11.5. The van der Waals surface area contributed by atoms with E-state index in [1.165, 1.54) is 50.8 Å². The van der Waals surface area contributed by atoms with E-state index < -0.39 is 0 Å². The van der Waals surface area contributed by atoms with E-state index in [0.717, 1.165) is 12.0 Å². The van der Waals surface area contributed by atoms with Crippen molar-refractivity contribution in [2.24, 2.45) is 5.92 Å². The van der Waals surface area contributed by atoms with Crippen molar-refractivity contribution in [3.8, 4) is 0 Å². The van der Waals surface area contributed by atoms with Crippen molar-refractivity contribution in [2.45, 2.75) is 50.6 Å². The van der Waals surface area contributed by atoms with Crippen LogP contribution in [0.1, 0.15) is 38.5 Å². The Hall–Kier alpha value is -0.540. The van der Waals surface area contributed by atoms with Crippen LogP contribution in [-0.2, 0) is 0 Å². The van der Waals surface area contributed by atoms with Crippen LogP contribution in [0.15, 0.2) is 16.8 Å². The summed E-state index contributed by atoms with van der Waals surface area (Å²) >= 11 is 1.78. The Balaban J connectivity index is 1.62. The van der Waals surface area contributed by atoms with Crippen LogP contribution in [0.25, 0.3) is 0 Å². The van der Waals surface area contributed by atoms with Crippen molar-refractivity contribution in [1.29, 1.82) is 0 Å². The third-order valence-corrected chi connectivity index (χ3v) is 4.99. The first-order chi connectivity index (χ1) is 8.43. The van der Waals surface area contributed by atoms with Crippen LogP contribution in [-0.4, -0.2) is 18.6 Å². The van der Waals surface area contributed by atoms with Crippen LogP contribution in [0, 0.1) is 5.92 Å². The van der Waals surface area contributed by atoms with E-state index in [0.29, 0.717) is 6.04 Å². The predicted octanol–water partition coefficient (Wildman–Crippen LogP) is 3.47. The van der Waals surface area contributed by atoms with Crippen molar-refractivity contribution in [2.75, 3.05) is 11.9 Å². The molecule has 94 valence electrons. The van der Waals surface area contributed by atoms with Crippen LogP contribution >= 0.6 is 11.3 Å². The van der Waals surface area contributed by atoms with E-state index in [2.05, 4.69) is 27.5 Å². The van der Waals surface area contributed by atoms with E-state index in [1.807, 2.05) is 0 Å². The van der Waals surface area contributed by atoms with Crippen LogP contribution in [0.4, 0.5) is 5.69 Å². The molecule has 1 saturated heterocycles. The fourth-order valence-electron chi connectivity index (χ4n) is 3.45. The second kappa shape index (κ2) is 5.40. The Kier molecular flexibility index (Phi) is 3.67. The van der Waals surface area contributed by atoms with Gasteiger partial charge in [0.25, 0.3) is 0 Å². The van der Waals surface area contributed by atoms with E-state index in [9.17, 15) is 0 Å². The summed E-state index contributed by atoms with van der Waals surface area (Å²) < 4.78 is 0. The standard InChI is InChI=1S/C14H22N2S/c1-2-8-15-13(5-1)12-4-3-6-14(12)16-11-7-9-17-10-11/h7,9-10,12-16H,1-6,8H2. The van der Waals surface area contributed by atoms with E-state index in [-0.39, 0.29) is 0 Å². The molecule has 1 aliphatic carbocycles. The lowest BCUT2D eigenvalue weighted by Crippen LogP contribution is -2.44. The second-order valence-corrected chi connectivity index (χ2v) is 6.19. The van der Waals surface area contributed by atoms with Gasteiger partial charge in [0.15, 0.2) is 0 Å². The lowest BCUT2D eigenvalue weighted by atomic mass is 9.88. The molecule has 1 aromatic rings. The Morgan fingerprint density at radius 2 is 2.18 bits per heavy atom. The molecular weight excluding hydrogens is 228 g/mol. The molecule has 2 N–H and O–H groups in total. The van der Waals surface area contributed by atoms with Gasteiger partial charge in [0, 0.05) is 23.2 Å². The summed E-state index contributed by atoms with van der Waals surface area (Å²) in [4.78, 5) is 0. The number of piperidine rings is 1. The molecule has 2 fully saturated rings. The molecule has 3 heteroatoms. The average Bonchev–Trinajstić information content (AvgIpc) is 3.02. The quantitative estimate of drug-likeness (QED) is 0.858. The zero-order valence-electron chi connectivity index (χ0n) is 10.3. The number of hydrogen-bond acceptors (Lipinski definition) is 3. The van der Waals surface area contributed by atoms with Crippen LogP contribution < -0.4 is 10.6 Å². The third-order valence-electron chi connectivity index (χ3n) is 4.31. The molecule has 2 aliphatic rings. The van der Waals surface area contributed by atoms with Gasteiger partial charge in [-0.15, -0.1) is 0 Å². The maximum atomic E-state index is 3.74. The Labute approximate surface area is 108 Å². The van der Waals surface area contributed by atoms with Gasteiger partial charge < -0.3 is 10.6 Å². The molecule has 0 aromatic carbocycles. The van der Waals surface area contributed by atoms with Crippen molar-refractivity contribution in [1.82, 2.24) is 5.32 Å². The lowest BCUT2D eigenvalue weighted by Gasteiger charge is -2.33. The minimum absolute atomic E-state index is 0.695. The van der Waals surface area contributed by atoms with Crippen molar-refractivity contribution in [3.05, 3.63) is 16.8 Å². The lowest BCUT2D eigenvalue weighted by molar-refractivity contribution is 0.286. The van der Waals surface area contributed by atoms with Gasteiger partial charge in [0.1, 0.15) is 0 Å². The first-order valence-corrected chi connectivity index (χ1v) is 7.90. The van der Waals surface area contributed by atoms with Gasteiger partial charge in [-0.3, -0.25) is 0 Å². The molecule has 3 atom stereocenters. The average molecular weight is 250 g/mol. The van der Waals surface area contributed by atoms with E-state index in [1.54, 1.807) is 11.3 Å². The molecule has 0 bridgehead atoms. The number of hydrogen-bond donors (Lipinski definition) is 2. The molecule has 0 amide bonds. The highest BCUT2D eigenvalue weighted by Gasteiger charge is 2.34. The summed E-state index contributed by atoms with van der Waals surface area (Å²) in [5, 5.41) is 11.9. The highest BCUT2D eigenvalue weighted by atomic mass is 32.1. The molecule has 2 heterocycles. The van der Waals surface area contributed by atoms with Gasteiger partial charge in [0.2, 0.25) is 0 Å². The zero-order valence-corrected chi connectivity index (χ0v) is 11.1. The van der Waals surface area contributed by atoms with Gasteiger partial charge in [-0.2, -0.15) is 11.3 Å². The molecule has 2 nitrogen and oxygen atoms in total. The summed E-state index contributed by atoms with van der Waals surface area (Å²) in [6.45, 7) is 1.23. The second-order valence-electron chi connectivity index (χ2n) is 5.41. The Morgan fingerprint density at radius 3 is 2.94 bits per heavy atom. The Bertz CT molecular complexity index is 330. The smallest absolute Gasteiger partial charge is 0.0451 e. The molecule has 17 heavy (non-hydrogen) atoms. The first kappa shape index (κ1) is 11.5. The SMILES string of the molecule is c1cc(NC2CCCC2C2CCCCN2)cs1. The minimum atomic E-state index is 0.695. The van der Waals surface area contributed by atoms with Crippen LogP contribution in [0.3, 0.4) is 0 Å². The predicted molar refractivity (Wildman–Crippen MR) is 74.7 cm³/mol. The molecule has 1 aliphatic heterocycles. The maximum absolute atomic E-state index is 3.74. The number of rotatable bonds is 3. The summed E-state index contributed by atoms with van der Waals surface area (Å²) in [6, 6.07) is 3.66. The van der Waals surface area contributed by atoms with Gasteiger partial charge in [-0.25, -0.2) is 0 Å². The molecule has 0 radical (unpaired) electrons. The fraction of sp³-hybridized carbons (Fsp3) is 0.714. The highest BCUT2D eigenvalue weighted by molar-refractivity contribution is 7.08. The highest BCUT2D eigenvalue weighted by Crippen LogP contribution is 2.34. The normalized spacial score (nSPS) is 33.8. The molecular formula is C14H22N2S. The van der Waals surface area contributed by atoms with Crippen molar-refractivity contribution in [3.63, 3.8) is 0 Å². The Morgan fingerprint density at radius 1 is 1.18 bits per heavy atom. The van der Waals surface area contributed by atoms with Gasteiger partial charge >= 0.3 is 0 Å². The number of nitrogens with one attached hydrogen (secondary N) is 2. The number of anilines is 1. The van der Waals surface area contributed by atoms with Gasteiger partial charge in [-0.05, 0) is 49.6 Å². The molecule has 3 unspecified atom stereocenters. The van der Waals surface area contributed by atoms with Gasteiger partial charge in [0.05, 0.1) is 0 Å². The largest absolute Gasteiger partial charge is 0.381 e. The van der Waals surface area contributed by atoms with Crippen molar-refractivity contribution < 1.29 is 0 Å². The topological polar surface area (TPSA) is 24.1 Å². The fourth-order valence-corrected chi connectivity index (χ4v) is 4.05. The molecule has 1 aromatic heterocycles. The summed E-state index contributed by atoms with van der Waals surface area (Å²) in [5.74, 6) is 0.843. The summed E-state index contributed by atoms with van der Waals surface area (Å²) in [7, 11) is 0. The van der Waals surface area contributed by atoms with Crippen molar-refractivity contribution >= 4 is 17.0 Å². The summed E-state index contributed by atoms with van der Waals surface area (Å²) in [5.41, 5.74) is 1.32. The molecule has 1 saturated carbocycles. The maximum Gasteiger partial charge on any atom is 0.0451 e. The number of thiophene rings is 1. The van der Waals surface area contributed by atoms with Crippen LogP contribution in [0.5, 0.6) is 0 Å². The van der Waals surface area contributed by atoms with E-state index in [4.69, 9.17) is 0 Å². The third kappa shape index (κ3) is 2.66. The molecule has 0 spiro atoms. The summed E-state index contributed by atoms with van der Waals surface area (Å²) in [6.07, 6.45) is 8.31. The van der Waals surface area contributed by atoms with E-state index >= 15 is 0 Å². The van der Waals surface area contributed by atoms with Crippen LogP contribution in [0.2, 0.25) is 0 Å². The monoisotopic (exact) mass is 250 g/mol. The first-order valence-electron chi connectivity index (χ1n) is 6.95.